The second-order valence-corrected chi connectivity index (χ2v) is 5.64. The van der Waals surface area contributed by atoms with E-state index in [0.29, 0.717) is 12.0 Å². The molecule has 1 saturated carbocycles. The number of likely N-dealkylation sites (N-methyl/N-ethyl adjacent to an activating group) is 1. The zero-order chi connectivity index (χ0) is 12.4. The Morgan fingerprint density at radius 1 is 1.44 bits per heavy atom. The minimum atomic E-state index is 0.500. The molecule has 1 aromatic rings. The summed E-state index contributed by atoms with van der Waals surface area (Å²) < 4.78 is 0. The van der Waals surface area contributed by atoms with Crippen LogP contribution in [0.4, 0.5) is 0 Å². The maximum Gasteiger partial charge on any atom is 0.130 e. The normalized spacial score (nSPS) is 25.9. The minimum absolute atomic E-state index is 0.500. The molecule has 0 radical (unpaired) electrons. The molecule has 4 heteroatoms. The zero-order valence-electron chi connectivity index (χ0n) is 11.1. The molecule has 1 aliphatic heterocycles. The largest absolute Gasteiger partial charge is 0.311 e. The van der Waals surface area contributed by atoms with Gasteiger partial charge in [0.15, 0.2) is 0 Å². The van der Waals surface area contributed by atoms with Crippen molar-refractivity contribution in [3.63, 3.8) is 0 Å². The Balaban J connectivity index is 1.64. The lowest BCUT2D eigenvalue weighted by molar-refractivity contribution is 0.236. The molecule has 0 spiro atoms. The van der Waals surface area contributed by atoms with E-state index >= 15 is 0 Å². The zero-order valence-corrected chi connectivity index (χ0v) is 11.1. The predicted molar refractivity (Wildman–Crippen MR) is 71.6 cm³/mol. The van der Waals surface area contributed by atoms with Crippen LogP contribution in [0.2, 0.25) is 0 Å². The van der Waals surface area contributed by atoms with E-state index in [2.05, 4.69) is 28.3 Å². The van der Waals surface area contributed by atoms with Gasteiger partial charge in [-0.25, -0.2) is 9.97 Å². The first-order chi connectivity index (χ1) is 8.81. The van der Waals surface area contributed by atoms with Crippen molar-refractivity contribution in [1.82, 2.24) is 20.2 Å². The summed E-state index contributed by atoms with van der Waals surface area (Å²) in [5.41, 5.74) is 1.26. The molecule has 2 heterocycles. The van der Waals surface area contributed by atoms with Gasteiger partial charge in [0.05, 0.1) is 0 Å². The van der Waals surface area contributed by atoms with Gasteiger partial charge >= 0.3 is 0 Å². The lowest BCUT2D eigenvalue weighted by Gasteiger charge is -2.30. The van der Waals surface area contributed by atoms with Crippen LogP contribution in [-0.2, 0) is 6.42 Å². The predicted octanol–water partition coefficient (Wildman–Crippen LogP) is 1.19. The van der Waals surface area contributed by atoms with Crippen molar-refractivity contribution in [3.8, 4) is 0 Å². The van der Waals surface area contributed by atoms with E-state index in [1.165, 1.54) is 25.0 Å². The second kappa shape index (κ2) is 5.33. The van der Waals surface area contributed by atoms with Crippen LogP contribution in [0.25, 0.3) is 0 Å². The molecular weight excluding hydrogens is 224 g/mol. The van der Waals surface area contributed by atoms with E-state index in [1.54, 1.807) is 0 Å². The van der Waals surface area contributed by atoms with Crippen molar-refractivity contribution in [2.24, 2.45) is 0 Å². The Bertz CT molecular complexity index is 403. The molecule has 1 saturated heterocycles. The molecule has 2 aliphatic rings. The highest BCUT2D eigenvalue weighted by Crippen LogP contribution is 2.34. The highest BCUT2D eigenvalue weighted by atomic mass is 15.2. The van der Waals surface area contributed by atoms with Crippen LogP contribution < -0.4 is 5.32 Å². The summed E-state index contributed by atoms with van der Waals surface area (Å²) in [5, 5.41) is 3.55. The van der Waals surface area contributed by atoms with E-state index in [-0.39, 0.29) is 0 Å². The summed E-state index contributed by atoms with van der Waals surface area (Å²) in [6, 6.07) is 2.59. The van der Waals surface area contributed by atoms with Gasteiger partial charge in [-0.3, -0.25) is 0 Å². The number of nitrogens with one attached hydrogen (secondary N) is 1. The number of aromatic nitrogens is 2. The number of hydrogen-bond donors (Lipinski definition) is 1. The van der Waals surface area contributed by atoms with Gasteiger partial charge in [-0.15, -0.1) is 0 Å². The summed E-state index contributed by atoms with van der Waals surface area (Å²) in [6.07, 6.45) is 6.86. The minimum Gasteiger partial charge on any atom is -0.311 e. The molecule has 18 heavy (non-hydrogen) atoms. The van der Waals surface area contributed by atoms with Crippen molar-refractivity contribution in [2.75, 3.05) is 26.7 Å². The Hall–Kier alpha value is -1.00. The quantitative estimate of drug-likeness (QED) is 0.870. The number of nitrogens with zero attached hydrogens (tertiary/aromatic N) is 3. The SMILES string of the molecule is CN1CCNC(Cc2nccc(C3CCC3)n2)C1. The van der Waals surface area contributed by atoms with Crippen molar-refractivity contribution < 1.29 is 0 Å². The Morgan fingerprint density at radius 2 is 2.33 bits per heavy atom. The summed E-state index contributed by atoms with van der Waals surface area (Å²) in [7, 11) is 2.18. The summed E-state index contributed by atoms with van der Waals surface area (Å²) in [4.78, 5) is 11.5. The van der Waals surface area contributed by atoms with Gasteiger partial charge in [0.2, 0.25) is 0 Å². The fraction of sp³-hybridized carbons (Fsp3) is 0.714. The number of rotatable bonds is 3. The Morgan fingerprint density at radius 3 is 3.06 bits per heavy atom. The van der Waals surface area contributed by atoms with Gasteiger partial charge in [0, 0.05) is 49.9 Å². The monoisotopic (exact) mass is 246 g/mol. The van der Waals surface area contributed by atoms with Gasteiger partial charge in [-0.1, -0.05) is 6.42 Å². The lowest BCUT2D eigenvalue weighted by Crippen LogP contribution is -2.50. The number of piperazine rings is 1. The standard InChI is InChI=1S/C14H22N4/c1-18-8-7-15-12(10-18)9-14-16-6-5-13(17-14)11-3-2-4-11/h5-6,11-12,15H,2-4,7-10H2,1H3. The molecule has 1 aliphatic carbocycles. The summed E-state index contributed by atoms with van der Waals surface area (Å²) in [5.74, 6) is 1.71. The topological polar surface area (TPSA) is 41.0 Å². The Labute approximate surface area is 109 Å². The molecule has 1 unspecified atom stereocenters. The average Bonchev–Trinajstić information content (AvgIpc) is 2.27. The lowest BCUT2D eigenvalue weighted by atomic mass is 9.83. The van der Waals surface area contributed by atoms with Gasteiger partial charge in [0.25, 0.3) is 0 Å². The first-order valence-electron chi connectivity index (χ1n) is 7.05. The summed E-state index contributed by atoms with van der Waals surface area (Å²) in [6.45, 7) is 3.31. The molecule has 1 aromatic heterocycles. The van der Waals surface area contributed by atoms with Gasteiger partial charge in [-0.2, -0.15) is 0 Å². The molecule has 3 rings (SSSR count). The van der Waals surface area contributed by atoms with Crippen molar-refractivity contribution in [3.05, 3.63) is 23.8 Å². The maximum absolute atomic E-state index is 4.74. The third kappa shape index (κ3) is 2.70. The van der Waals surface area contributed by atoms with E-state index in [4.69, 9.17) is 4.98 Å². The molecule has 4 nitrogen and oxygen atoms in total. The first kappa shape index (κ1) is 12.1. The highest BCUT2D eigenvalue weighted by molar-refractivity contribution is 5.11. The molecule has 0 bridgehead atoms. The van der Waals surface area contributed by atoms with Crippen LogP contribution in [0.5, 0.6) is 0 Å². The van der Waals surface area contributed by atoms with Crippen molar-refractivity contribution in [2.45, 2.75) is 37.6 Å². The third-order valence-electron chi connectivity index (χ3n) is 4.14. The molecule has 2 fully saturated rings. The van der Waals surface area contributed by atoms with Crippen LogP contribution >= 0.6 is 0 Å². The van der Waals surface area contributed by atoms with Gasteiger partial charge in [-0.05, 0) is 26.0 Å². The molecule has 1 atom stereocenters. The maximum atomic E-state index is 4.74. The van der Waals surface area contributed by atoms with Crippen molar-refractivity contribution in [1.29, 1.82) is 0 Å². The molecule has 0 amide bonds. The van der Waals surface area contributed by atoms with E-state index in [1.807, 2.05) is 6.20 Å². The summed E-state index contributed by atoms with van der Waals surface area (Å²) >= 11 is 0. The van der Waals surface area contributed by atoms with Gasteiger partial charge in [0.1, 0.15) is 5.82 Å². The van der Waals surface area contributed by atoms with E-state index in [9.17, 15) is 0 Å². The number of hydrogen-bond acceptors (Lipinski definition) is 4. The second-order valence-electron chi connectivity index (χ2n) is 5.64. The van der Waals surface area contributed by atoms with E-state index < -0.39 is 0 Å². The Kier molecular flexibility index (Phi) is 3.57. The molecule has 98 valence electrons. The van der Waals surface area contributed by atoms with Crippen LogP contribution in [0.1, 0.15) is 36.7 Å². The van der Waals surface area contributed by atoms with Crippen LogP contribution in [0.15, 0.2) is 12.3 Å². The van der Waals surface area contributed by atoms with Crippen LogP contribution in [-0.4, -0.2) is 47.6 Å². The van der Waals surface area contributed by atoms with Crippen molar-refractivity contribution >= 4 is 0 Å². The molecular formula is C14H22N4. The van der Waals surface area contributed by atoms with Crippen LogP contribution in [0.3, 0.4) is 0 Å². The highest BCUT2D eigenvalue weighted by Gasteiger charge is 2.22. The third-order valence-corrected chi connectivity index (χ3v) is 4.14. The van der Waals surface area contributed by atoms with Gasteiger partial charge < -0.3 is 10.2 Å². The molecule has 1 N–H and O–H groups in total. The fourth-order valence-corrected chi connectivity index (χ4v) is 2.79. The molecule has 0 aromatic carbocycles. The van der Waals surface area contributed by atoms with Crippen LogP contribution in [0, 0.1) is 0 Å². The fourth-order valence-electron chi connectivity index (χ4n) is 2.79. The van der Waals surface area contributed by atoms with E-state index in [0.717, 1.165) is 31.9 Å². The average molecular weight is 246 g/mol. The smallest absolute Gasteiger partial charge is 0.130 e. The first-order valence-corrected chi connectivity index (χ1v) is 7.05.